The van der Waals surface area contributed by atoms with Gasteiger partial charge in [-0.3, -0.25) is 4.79 Å². The second-order valence-electron chi connectivity index (χ2n) is 5.18. The molecule has 1 atom stereocenters. The Morgan fingerprint density at radius 3 is 2.55 bits per heavy atom. The number of nitrogens with one attached hydrogen (secondary N) is 1. The van der Waals surface area contributed by atoms with Crippen molar-refractivity contribution in [1.29, 1.82) is 0 Å². The Bertz CT molecular complexity index is 531. The van der Waals surface area contributed by atoms with E-state index in [-0.39, 0.29) is 5.56 Å². The number of hydrazone groups is 1. The van der Waals surface area contributed by atoms with Crippen LogP contribution in [0.5, 0.6) is 17.2 Å². The lowest BCUT2D eigenvalue weighted by molar-refractivity contribution is 0.0953. The van der Waals surface area contributed by atoms with Crippen molar-refractivity contribution in [2.75, 3.05) is 0 Å². The molecule has 1 fully saturated rings. The Labute approximate surface area is 116 Å². The molecule has 0 bridgehead atoms. The standard InChI is InChI=1S/C14H18N2O4/c1-8-3-2-4-10(5-8)15-16-14(20)9-6-11(17)13(19)12(18)7-9/h6-8,17-19H,2-5H2,1H3,(H,16,20)/b15-10+. The minimum atomic E-state index is -0.644. The molecule has 4 N–H and O–H groups in total. The number of aromatic hydroxyl groups is 3. The Morgan fingerprint density at radius 2 is 1.95 bits per heavy atom. The van der Waals surface area contributed by atoms with Crippen LogP contribution >= 0.6 is 0 Å². The molecule has 1 aromatic carbocycles. The number of nitrogens with zero attached hydrogens (tertiary/aromatic N) is 1. The third-order valence-electron chi connectivity index (χ3n) is 3.39. The van der Waals surface area contributed by atoms with Crippen molar-refractivity contribution in [3.63, 3.8) is 0 Å². The number of carbonyl (C=O) groups is 1. The van der Waals surface area contributed by atoms with Crippen LogP contribution in [0.3, 0.4) is 0 Å². The molecule has 1 aliphatic rings. The molecule has 108 valence electrons. The molecule has 0 radical (unpaired) electrons. The average molecular weight is 278 g/mol. The summed E-state index contributed by atoms with van der Waals surface area (Å²) in [5, 5.41) is 32.0. The lowest BCUT2D eigenvalue weighted by atomic mass is 9.89. The molecule has 0 spiro atoms. The molecule has 0 heterocycles. The van der Waals surface area contributed by atoms with Gasteiger partial charge in [-0.15, -0.1) is 0 Å². The van der Waals surface area contributed by atoms with Gasteiger partial charge in [0.1, 0.15) is 0 Å². The predicted molar refractivity (Wildman–Crippen MR) is 74.0 cm³/mol. The molecule has 0 aliphatic heterocycles. The fourth-order valence-electron chi connectivity index (χ4n) is 2.29. The van der Waals surface area contributed by atoms with Crippen LogP contribution in [0.25, 0.3) is 0 Å². The number of phenols is 3. The molecule has 1 aliphatic carbocycles. The molecule has 6 nitrogen and oxygen atoms in total. The van der Waals surface area contributed by atoms with E-state index in [9.17, 15) is 20.1 Å². The van der Waals surface area contributed by atoms with Gasteiger partial charge >= 0.3 is 0 Å². The highest BCUT2D eigenvalue weighted by Gasteiger charge is 2.16. The first kappa shape index (κ1) is 14.2. The number of phenolic OH excluding ortho intramolecular Hbond substituents is 3. The Morgan fingerprint density at radius 1 is 1.30 bits per heavy atom. The molecule has 0 saturated heterocycles. The van der Waals surface area contributed by atoms with Crippen LogP contribution in [-0.4, -0.2) is 26.9 Å². The van der Waals surface area contributed by atoms with Crippen LogP contribution in [0, 0.1) is 5.92 Å². The normalized spacial score (nSPS) is 20.9. The lowest BCUT2D eigenvalue weighted by Crippen LogP contribution is -2.22. The summed E-state index contributed by atoms with van der Waals surface area (Å²) in [5.41, 5.74) is 3.39. The summed E-state index contributed by atoms with van der Waals surface area (Å²) < 4.78 is 0. The van der Waals surface area contributed by atoms with E-state index in [0.717, 1.165) is 37.1 Å². The van der Waals surface area contributed by atoms with Crippen molar-refractivity contribution in [1.82, 2.24) is 5.43 Å². The highest BCUT2D eigenvalue weighted by atomic mass is 16.3. The summed E-state index contributed by atoms with van der Waals surface area (Å²) in [6, 6.07) is 2.15. The quantitative estimate of drug-likeness (QED) is 0.491. The van der Waals surface area contributed by atoms with Crippen molar-refractivity contribution >= 4 is 11.6 Å². The lowest BCUT2D eigenvalue weighted by Gasteiger charge is -2.18. The number of hydrogen-bond acceptors (Lipinski definition) is 5. The van der Waals surface area contributed by atoms with Crippen molar-refractivity contribution in [2.45, 2.75) is 32.6 Å². The van der Waals surface area contributed by atoms with Crippen molar-refractivity contribution < 1.29 is 20.1 Å². The number of rotatable bonds is 2. The molecule has 1 unspecified atom stereocenters. The Balaban J connectivity index is 2.07. The molecular formula is C14H18N2O4. The maximum absolute atomic E-state index is 11.9. The monoisotopic (exact) mass is 278 g/mol. The van der Waals surface area contributed by atoms with Crippen molar-refractivity contribution in [2.24, 2.45) is 11.0 Å². The first-order valence-electron chi connectivity index (χ1n) is 6.58. The van der Waals surface area contributed by atoms with Crippen molar-refractivity contribution in [3.8, 4) is 17.2 Å². The number of amides is 1. The summed E-state index contributed by atoms with van der Waals surface area (Å²) in [4.78, 5) is 11.9. The fraction of sp³-hybridized carbons (Fsp3) is 0.429. The van der Waals surface area contributed by atoms with Crippen LogP contribution < -0.4 is 5.43 Å². The van der Waals surface area contributed by atoms with E-state index in [4.69, 9.17) is 0 Å². The van der Waals surface area contributed by atoms with Gasteiger partial charge in [0.15, 0.2) is 17.2 Å². The van der Waals surface area contributed by atoms with Gasteiger partial charge < -0.3 is 15.3 Å². The maximum atomic E-state index is 11.9. The molecule has 20 heavy (non-hydrogen) atoms. The summed E-state index contributed by atoms with van der Waals surface area (Å²) in [5.74, 6) is -1.71. The maximum Gasteiger partial charge on any atom is 0.271 e. The molecule has 1 aromatic rings. The van der Waals surface area contributed by atoms with Gasteiger partial charge in [0.2, 0.25) is 0 Å². The first-order chi connectivity index (χ1) is 9.47. The van der Waals surface area contributed by atoms with E-state index in [1.165, 1.54) is 6.42 Å². The van der Waals surface area contributed by atoms with E-state index in [1.807, 2.05) is 0 Å². The summed E-state index contributed by atoms with van der Waals surface area (Å²) in [7, 11) is 0. The predicted octanol–water partition coefficient (Wildman–Crippen LogP) is 2.10. The number of carbonyl (C=O) groups excluding carboxylic acids is 1. The number of benzene rings is 1. The summed E-state index contributed by atoms with van der Waals surface area (Å²) in [6.07, 6.45) is 3.98. The molecular weight excluding hydrogens is 260 g/mol. The highest BCUT2D eigenvalue weighted by molar-refractivity contribution is 5.96. The smallest absolute Gasteiger partial charge is 0.271 e. The second kappa shape index (κ2) is 5.81. The van der Waals surface area contributed by atoms with Gasteiger partial charge in [-0.05, 0) is 43.7 Å². The van der Waals surface area contributed by atoms with E-state index in [1.54, 1.807) is 0 Å². The SMILES string of the molecule is CC1CCC/C(=N\NC(=O)c2cc(O)c(O)c(O)c2)C1. The zero-order valence-electron chi connectivity index (χ0n) is 11.3. The van der Waals surface area contributed by atoms with Gasteiger partial charge in [0, 0.05) is 11.3 Å². The molecule has 1 amide bonds. The minimum absolute atomic E-state index is 0.0333. The number of hydrogen-bond donors (Lipinski definition) is 4. The van der Waals surface area contributed by atoms with Crippen LogP contribution in [0.1, 0.15) is 43.0 Å². The van der Waals surface area contributed by atoms with Crippen LogP contribution in [0.4, 0.5) is 0 Å². The summed E-state index contributed by atoms with van der Waals surface area (Å²) >= 11 is 0. The highest BCUT2D eigenvalue weighted by Crippen LogP contribution is 2.35. The van der Waals surface area contributed by atoms with E-state index >= 15 is 0 Å². The third-order valence-corrected chi connectivity index (χ3v) is 3.39. The minimum Gasteiger partial charge on any atom is -0.504 e. The second-order valence-corrected chi connectivity index (χ2v) is 5.18. The Hall–Kier alpha value is -2.24. The van der Waals surface area contributed by atoms with E-state index in [0.29, 0.717) is 5.92 Å². The fourth-order valence-corrected chi connectivity index (χ4v) is 2.29. The van der Waals surface area contributed by atoms with Crippen molar-refractivity contribution in [3.05, 3.63) is 17.7 Å². The summed E-state index contributed by atoms with van der Waals surface area (Å²) in [6.45, 7) is 2.15. The van der Waals surface area contributed by atoms with Crippen LogP contribution in [-0.2, 0) is 0 Å². The average Bonchev–Trinajstić information content (AvgIpc) is 2.41. The zero-order chi connectivity index (χ0) is 14.7. The zero-order valence-corrected chi connectivity index (χ0v) is 11.3. The molecule has 1 saturated carbocycles. The van der Waals surface area contributed by atoms with Gasteiger partial charge in [-0.1, -0.05) is 6.92 Å². The molecule has 2 rings (SSSR count). The van der Waals surface area contributed by atoms with E-state index < -0.39 is 23.2 Å². The van der Waals surface area contributed by atoms with Crippen LogP contribution in [0.2, 0.25) is 0 Å². The van der Waals surface area contributed by atoms with Gasteiger partial charge in [-0.25, -0.2) is 5.43 Å². The molecule has 6 heteroatoms. The van der Waals surface area contributed by atoms with Gasteiger partial charge in [0.25, 0.3) is 5.91 Å². The Kier molecular flexibility index (Phi) is 4.12. The topological polar surface area (TPSA) is 102 Å². The van der Waals surface area contributed by atoms with E-state index in [2.05, 4.69) is 17.5 Å². The molecule has 0 aromatic heterocycles. The van der Waals surface area contributed by atoms with Gasteiger partial charge in [-0.2, -0.15) is 5.10 Å². The third kappa shape index (κ3) is 3.20. The van der Waals surface area contributed by atoms with Gasteiger partial charge in [0.05, 0.1) is 0 Å². The van der Waals surface area contributed by atoms with Crippen LogP contribution in [0.15, 0.2) is 17.2 Å². The first-order valence-corrected chi connectivity index (χ1v) is 6.58. The largest absolute Gasteiger partial charge is 0.504 e.